The Morgan fingerprint density at radius 1 is 1.43 bits per heavy atom. The lowest BCUT2D eigenvalue weighted by Crippen LogP contribution is -2.52. The first-order valence-electron chi connectivity index (χ1n) is 8.39. The highest BCUT2D eigenvalue weighted by Gasteiger charge is 2.61. The first-order chi connectivity index (χ1) is 11.2. The zero-order valence-electron chi connectivity index (χ0n) is 13.2. The highest BCUT2D eigenvalue weighted by Crippen LogP contribution is 2.61. The minimum Gasteiger partial charge on any atom is -0.506 e. The van der Waals surface area contributed by atoms with E-state index >= 15 is 0 Å². The Labute approximate surface area is 135 Å². The summed E-state index contributed by atoms with van der Waals surface area (Å²) in [7, 11) is 0. The molecule has 4 aliphatic rings. The Bertz CT molecular complexity index is 795. The van der Waals surface area contributed by atoms with Crippen LogP contribution in [-0.2, 0) is 10.2 Å². The Morgan fingerprint density at radius 2 is 2.30 bits per heavy atom. The zero-order chi connectivity index (χ0) is 15.8. The van der Waals surface area contributed by atoms with Crippen molar-refractivity contribution < 1.29 is 9.90 Å². The van der Waals surface area contributed by atoms with Crippen LogP contribution in [0.1, 0.15) is 25.3 Å². The molecule has 1 aromatic carbocycles. The number of allylic oxidation sites excluding steroid dienone is 2. The van der Waals surface area contributed by atoms with Crippen molar-refractivity contribution in [1.29, 1.82) is 0 Å². The van der Waals surface area contributed by atoms with Crippen molar-refractivity contribution in [2.24, 2.45) is 5.92 Å². The van der Waals surface area contributed by atoms with Crippen molar-refractivity contribution in [3.8, 4) is 5.75 Å². The van der Waals surface area contributed by atoms with Crippen molar-refractivity contribution in [3.63, 3.8) is 0 Å². The number of rotatable bonds is 1. The number of nitrogens with one attached hydrogen (secondary N) is 1. The molecule has 118 valence electrons. The van der Waals surface area contributed by atoms with E-state index in [9.17, 15) is 9.90 Å². The number of phenolic OH excluding ortho intramolecular Hbond substituents is 1. The van der Waals surface area contributed by atoms with Crippen LogP contribution in [0.15, 0.2) is 41.1 Å². The molecule has 2 N–H and O–H groups in total. The first kappa shape index (κ1) is 13.4. The molecular formula is C19H20N2O2. The van der Waals surface area contributed by atoms with Crippen molar-refractivity contribution in [3.05, 3.63) is 46.7 Å². The van der Waals surface area contributed by atoms with Gasteiger partial charge in [-0.2, -0.15) is 0 Å². The molecular weight excluding hydrogens is 288 g/mol. The van der Waals surface area contributed by atoms with Crippen molar-refractivity contribution in [1.82, 2.24) is 4.90 Å². The summed E-state index contributed by atoms with van der Waals surface area (Å²) in [5, 5.41) is 13.7. The molecule has 23 heavy (non-hydrogen) atoms. The summed E-state index contributed by atoms with van der Waals surface area (Å²) in [6, 6.07) is 6.18. The van der Waals surface area contributed by atoms with Crippen LogP contribution in [0.25, 0.3) is 0 Å². The van der Waals surface area contributed by atoms with Gasteiger partial charge in [-0.25, -0.2) is 0 Å². The number of aromatic hydroxyl groups is 1. The summed E-state index contributed by atoms with van der Waals surface area (Å²) in [5.41, 5.74) is 5.13. The fourth-order valence-electron chi connectivity index (χ4n) is 5.50. The number of nitrogens with zero attached hydrogens (tertiary/aromatic N) is 1. The van der Waals surface area contributed by atoms with Gasteiger partial charge in [0, 0.05) is 36.3 Å². The van der Waals surface area contributed by atoms with Crippen molar-refractivity contribution in [2.45, 2.75) is 31.2 Å². The van der Waals surface area contributed by atoms with Gasteiger partial charge in [0.05, 0.1) is 11.1 Å². The largest absolute Gasteiger partial charge is 0.506 e. The van der Waals surface area contributed by atoms with Gasteiger partial charge in [-0.1, -0.05) is 23.8 Å². The van der Waals surface area contributed by atoms with Crippen LogP contribution in [-0.4, -0.2) is 35.4 Å². The molecule has 0 amide bonds. The molecule has 1 aliphatic carbocycles. The standard InChI is InChI=1S/C19H20N2O2/c1-2-11-9-21-7-6-19-14-4-3-5-15(23)17(14)20-18(19)13(10-22)12(11)8-16(19)21/h2-5,10,12,16,20,23H,6-9H2,1H3/b11-2-/t12-,16-,19?/m0/s1. The van der Waals surface area contributed by atoms with E-state index in [0.717, 1.165) is 49.2 Å². The van der Waals surface area contributed by atoms with Gasteiger partial charge in [-0.15, -0.1) is 0 Å². The van der Waals surface area contributed by atoms with E-state index < -0.39 is 0 Å². The molecule has 3 aliphatic heterocycles. The average Bonchev–Trinajstić information content (AvgIpc) is 3.12. The van der Waals surface area contributed by atoms with Crippen molar-refractivity contribution >= 4 is 12.0 Å². The predicted molar refractivity (Wildman–Crippen MR) is 88.3 cm³/mol. The highest BCUT2D eigenvalue weighted by molar-refractivity contribution is 5.86. The smallest absolute Gasteiger partial charge is 0.148 e. The molecule has 3 atom stereocenters. The molecule has 1 aromatic rings. The van der Waals surface area contributed by atoms with Crippen LogP contribution in [0.5, 0.6) is 5.75 Å². The number of hydrogen-bond acceptors (Lipinski definition) is 4. The van der Waals surface area contributed by atoms with E-state index in [1.54, 1.807) is 6.07 Å². The number of anilines is 1. The minimum atomic E-state index is -0.139. The second-order valence-electron chi connectivity index (χ2n) is 7.13. The molecule has 4 nitrogen and oxygen atoms in total. The van der Waals surface area contributed by atoms with E-state index in [4.69, 9.17) is 0 Å². The number of aldehydes is 1. The number of phenols is 1. The third-order valence-corrected chi connectivity index (χ3v) is 6.48. The van der Waals surface area contributed by atoms with Gasteiger partial charge in [0.25, 0.3) is 0 Å². The number of piperidine rings is 1. The highest BCUT2D eigenvalue weighted by atomic mass is 16.3. The molecule has 2 fully saturated rings. The van der Waals surface area contributed by atoms with Gasteiger partial charge >= 0.3 is 0 Å². The summed E-state index contributed by atoms with van der Waals surface area (Å²) < 4.78 is 0. The third kappa shape index (κ3) is 1.39. The number of carbonyl (C=O) groups excluding carboxylic acids is 1. The minimum absolute atomic E-state index is 0.139. The average molecular weight is 308 g/mol. The quantitative estimate of drug-likeness (QED) is 0.476. The van der Waals surface area contributed by atoms with Gasteiger partial charge < -0.3 is 10.4 Å². The summed E-state index contributed by atoms with van der Waals surface area (Å²) in [5.74, 6) is 0.507. The Morgan fingerprint density at radius 3 is 3.09 bits per heavy atom. The SMILES string of the molecule is C/C=C1/CN2CCC34C(=C(C=O)[C@H]1C[C@H]23)Nc1c(O)cccc14. The Kier molecular flexibility index (Phi) is 2.48. The fraction of sp³-hybridized carbons (Fsp3) is 0.421. The molecule has 2 saturated heterocycles. The lowest BCUT2D eigenvalue weighted by atomic mass is 9.62. The monoisotopic (exact) mass is 308 g/mol. The van der Waals surface area contributed by atoms with Crippen LogP contribution < -0.4 is 5.32 Å². The van der Waals surface area contributed by atoms with Crippen LogP contribution in [0.4, 0.5) is 5.69 Å². The Hall–Kier alpha value is -2.07. The maximum absolute atomic E-state index is 12.0. The van der Waals surface area contributed by atoms with E-state index in [-0.39, 0.29) is 17.1 Å². The summed E-state index contributed by atoms with van der Waals surface area (Å²) >= 11 is 0. The van der Waals surface area contributed by atoms with E-state index in [2.05, 4.69) is 29.3 Å². The van der Waals surface area contributed by atoms with Gasteiger partial charge in [0.2, 0.25) is 0 Å². The summed E-state index contributed by atoms with van der Waals surface area (Å²) in [6.07, 6.45) is 5.24. The van der Waals surface area contributed by atoms with Crippen LogP contribution in [0.2, 0.25) is 0 Å². The maximum atomic E-state index is 12.0. The number of benzene rings is 1. The topological polar surface area (TPSA) is 52.6 Å². The van der Waals surface area contributed by atoms with Gasteiger partial charge in [0.1, 0.15) is 12.0 Å². The number of carbonyl (C=O) groups is 1. The number of para-hydroxylation sites is 1. The lowest BCUT2D eigenvalue weighted by Gasteiger charge is -2.48. The third-order valence-electron chi connectivity index (χ3n) is 6.48. The summed E-state index contributed by atoms with van der Waals surface area (Å²) in [4.78, 5) is 14.5. The number of hydrogen-bond donors (Lipinski definition) is 2. The summed E-state index contributed by atoms with van der Waals surface area (Å²) in [6.45, 7) is 4.08. The van der Waals surface area contributed by atoms with Gasteiger partial charge in [-0.3, -0.25) is 9.69 Å². The van der Waals surface area contributed by atoms with E-state index in [1.165, 1.54) is 11.1 Å². The van der Waals surface area contributed by atoms with Crippen molar-refractivity contribution in [2.75, 3.05) is 18.4 Å². The maximum Gasteiger partial charge on any atom is 0.148 e. The molecule has 1 unspecified atom stereocenters. The van der Waals surface area contributed by atoms with E-state index in [0.29, 0.717) is 6.04 Å². The van der Waals surface area contributed by atoms with E-state index in [1.807, 2.05) is 6.07 Å². The molecule has 0 saturated carbocycles. The molecule has 3 heterocycles. The van der Waals surface area contributed by atoms with Crippen LogP contribution in [0, 0.1) is 5.92 Å². The van der Waals surface area contributed by atoms with Crippen LogP contribution >= 0.6 is 0 Å². The molecule has 0 aromatic heterocycles. The first-order valence-corrected chi connectivity index (χ1v) is 8.39. The normalized spacial score (nSPS) is 36.0. The van der Waals surface area contributed by atoms with Gasteiger partial charge in [0.15, 0.2) is 0 Å². The second-order valence-corrected chi connectivity index (χ2v) is 7.13. The van der Waals surface area contributed by atoms with Gasteiger partial charge in [-0.05, 0) is 31.4 Å². The second kappa shape index (κ2) is 4.26. The molecule has 5 rings (SSSR count). The molecule has 1 spiro atoms. The molecule has 0 radical (unpaired) electrons. The fourth-order valence-corrected chi connectivity index (χ4v) is 5.50. The molecule has 4 heteroatoms. The zero-order valence-corrected chi connectivity index (χ0v) is 13.2. The molecule has 2 bridgehead atoms. The number of fused-ring (bicyclic) bond motifs is 2. The Balaban J connectivity index is 1.84. The predicted octanol–water partition coefficient (Wildman–Crippen LogP) is 2.56. The lowest BCUT2D eigenvalue weighted by molar-refractivity contribution is -0.105. The van der Waals surface area contributed by atoms with Crippen LogP contribution in [0.3, 0.4) is 0 Å².